The molecule has 0 rings (SSSR count). The van der Waals surface area contributed by atoms with Crippen molar-refractivity contribution in [2.75, 3.05) is 39.3 Å². The highest BCUT2D eigenvalue weighted by molar-refractivity contribution is 5.86. The third-order valence-electron chi connectivity index (χ3n) is 4.03. The molecular formula is C20H42N6O4. The van der Waals surface area contributed by atoms with E-state index in [2.05, 4.69) is 21.3 Å². The minimum Gasteiger partial charge on any atom is -0.444 e. The molecule has 0 aromatic rings. The molecule has 0 aliphatic rings. The monoisotopic (exact) mass is 430 g/mol. The van der Waals surface area contributed by atoms with Gasteiger partial charge in [-0.1, -0.05) is 0 Å². The molecule has 0 radical (unpaired) electrons. The molecule has 3 amide bonds. The minimum atomic E-state index is -0.868. The lowest BCUT2D eigenvalue weighted by Gasteiger charge is -2.23. The van der Waals surface area contributed by atoms with Crippen LogP contribution in [0.25, 0.3) is 0 Å². The Morgan fingerprint density at radius 1 is 0.900 bits per heavy atom. The van der Waals surface area contributed by atoms with Crippen molar-refractivity contribution in [2.24, 2.45) is 11.5 Å². The Balaban J connectivity index is 4.01. The molecule has 8 N–H and O–H groups in total. The Morgan fingerprint density at radius 3 is 2.00 bits per heavy atom. The van der Waals surface area contributed by atoms with E-state index in [0.29, 0.717) is 13.1 Å². The van der Waals surface area contributed by atoms with Crippen molar-refractivity contribution in [2.45, 2.75) is 70.9 Å². The molecule has 0 heterocycles. The van der Waals surface area contributed by atoms with Crippen molar-refractivity contribution < 1.29 is 19.1 Å². The predicted molar refractivity (Wildman–Crippen MR) is 118 cm³/mol. The predicted octanol–water partition coefficient (Wildman–Crippen LogP) is -0.0403. The highest BCUT2D eigenvalue weighted by Crippen LogP contribution is 2.07. The maximum Gasteiger partial charge on any atom is 0.408 e. The molecule has 0 fully saturated rings. The van der Waals surface area contributed by atoms with Crippen LogP contribution in [0.5, 0.6) is 0 Å². The molecule has 10 nitrogen and oxygen atoms in total. The number of hydrogen-bond donors (Lipinski definition) is 6. The zero-order valence-corrected chi connectivity index (χ0v) is 18.9. The van der Waals surface area contributed by atoms with E-state index in [1.54, 1.807) is 20.8 Å². The zero-order valence-electron chi connectivity index (χ0n) is 18.9. The number of nitrogens with two attached hydrogens (primary N) is 2. The van der Waals surface area contributed by atoms with Gasteiger partial charge in [0.05, 0.1) is 0 Å². The average molecular weight is 431 g/mol. The Hall–Kier alpha value is -1.91. The molecule has 1 unspecified atom stereocenters. The largest absolute Gasteiger partial charge is 0.444 e. The third kappa shape index (κ3) is 18.1. The van der Waals surface area contributed by atoms with Gasteiger partial charge in [0.25, 0.3) is 0 Å². The SMILES string of the molecule is CC(C)(C)OC(=O)NC(CCC(N)=O)C(=O)NCCCNCCCCNCCCN. The van der Waals surface area contributed by atoms with Crippen LogP contribution in [0.1, 0.15) is 59.3 Å². The highest BCUT2D eigenvalue weighted by Gasteiger charge is 2.24. The van der Waals surface area contributed by atoms with Gasteiger partial charge < -0.3 is 37.5 Å². The van der Waals surface area contributed by atoms with Crippen molar-refractivity contribution >= 4 is 17.9 Å². The lowest BCUT2D eigenvalue weighted by Crippen LogP contribution is -2.48. The fourth-order valence-electron chi connectivity index (χ4n) is 2.53. The topological polar surface area (TPSA) is 161 Å². The Kier molecular flexibility index (Phi) is 15.8. The molecule has 0 spiro atoms. The van der Waals surface area contributed by atoms with Crippen LogP contribution in [0.4, 0.5) is 4.79 Å². The number of amides is 3. The van der Waals surface area contributed by atoms with Gasteiger partial charge in [-0.15, -0.1) is 0 Å². The Bertz CT molecular complexity index is 496. The van der Waals surface area contributed by atoms with E-state index >= 15 is 0 Å². The highest BCUT2D eigenvalue weighted by atomic mass is 16.6. The molecule has 176 valence electrons. The number of nitrogens with one attached hydrogen (secondary N) is 4. The van der Waals surface area contributed by atoms with Gasteiger partial charge in [-0.05, 0) is 85.6 Å². The number of ether oxygens (including phenoxy) is 1. The fourth-order valence-corrected chi connectivity index (χ4v) is 2.53. The second-order valence-corrected chi connectivity index (χ2v) is 8.20. The lowest BCUT2D eigenvalue weighted by atomic mass is 10.1. The number of rotatable bonds is 17. The number of alkyl carbamates (subject to hydrolysis) is 1. The van der Waals surface area contributed by atoms with E-state index in [0.717, 1.165) is 51.9 Å². The normalized spacial score (nSPS) is 12.3. The zero-order chi connectivity index (χ0) is 22.8. The maximum absolute atomic E-state index is 12.4. The van der Waals surface area contributed by atoms with Crippen LogP contribution >= 0.6 is 0 Å². The molecule has 0 saturated heterocycles. The van der Waals surface area contributed by atoms with Gasteiger partial charge in [-0.2, -0.15) is 0 Å². The van der Waals surface area contributed by atoms with Crippen molar-refractivity contribution in [1.29, 1.82) is 0 Å². The van der Waals surface area contributed by atoms with Gasteiger partial charge in [0.15, 0.2) is 0 Å². The Labute approximate surface area is 180 Å². The number of hydrogen-bond acceptors (Lipinski definition) is 7. The molecule has 0 bridgehead atoms. The first kappa shape index (κ1) is 28.1. The van der Waals surface area contributed by atoms with Gasteiger partial charge in [0.2, 0.25) is 11.8 Å². The number of primary amides is 1. The van der Waals surface area contributed by atoms with E-state index in [-0.39, 0.29) is 18.7 Å². The minimum absolute atomic E-state index is 0.00345. The Morgan fingerprint density at radius 2 is 1.47 bits per heavy atom. The summed E-state index contributed by atoms with van der Waals surface area (Å²) in [4.78, 5) is 35.4. The van der Waals surface area contributed by atoms with Crippen LogP contribution in [0.15, 0.2) is 0 Å². The number of unbranched alkanes of at least 4 members (excludes halogenated alkanes) is 1. The first-order valence-electron chi connectivity index (χ1n) is 10.8. The molecular weight excluding hydrogens is 388 g/mol. The van der Waals surface area contributed by atoms with Gasteiger partial charge in [0.1, 0.15) is 11.6 Å². The molecule has 1 atom stereocenters. The third-order valence-corrected chi connectivity index (χ3v) is 4.03. The molecule has 0 saturated carbocycles. The van der Waals surface area contributed by atoms with E-state index in [1.807, 2.05) is 0 Å². The van der Waals surface area contributed by atoms with Crippen molar-refractivity contribution in [3.05, 3.63) is 0 Å². The average Bonchev–Trinajstić information content (AvgIpc) is 2.64. The van der Waals surface area contributed by atoms with Gasteiger partial charge in [-0.3, -0.25) is 9.59 Å². The quantitative estimate of drug-likeness (QED) is 0.176. The second kappa shape index (κ2) is 16.8. The molecule has 0 aromatic heterocycles. The lowest BCUT2D eigenvalue weighted by molar-refractivity contribution is -0.123. The summed E-state index contributed by atoms with van der Waals surface area (Å²) in [7, 11) is 0. The summed E-state index contributed by atoms with van der Waals surface area (Å²) >= 11 is 0. The summed E-state index contributed by atoms with van der Waals surface area (Å²) in [5.41, 5.74) is 9.92. The van der Waals surface area contributed by atoms with E-state index in [9.17, 15) is 14.4 Å². The smallest absolute Gasteiger partial charge is 0.408 e. The van der Waals surface area contributed by atoms with Gasteiger partial charge in [0, 0.05) is 13.0 Å². The van der Waals surface area contributed by atoms with Crippen LogP contribution in [-0.2, 0) is 14.3 Å². The standard InChI is InChI=1S/C20H42N6O4/c1-20(2,3)30-19(29)26-16(8-9-17(22)27)18(28)25-15-7-14-24-12-5-4-11-23-13-6-10-21/h16,23-24H,4-15,21H2,1-3H3,(H2,22,27)(H,25,28)(H,26,29). The summed E-state index contributed by atoms with van der Waals surface area (Å²) in [6.07, 6.45) is 3.36. The fraction of sp³-hybridized carbons (Fsp3) is 0.850. The van der Waals surface area contributed by atoms with E-state index in [1.165, 1.54) is 0 Å². The summed E-state index contributed by atoms with van der Waals surface area (Å²) in [6, 6.07) is -0.868. The van der Waals surface area contributed by atoms with E-state index < -0.39 is 23.6 Å². The van der Waals surface area contributed by atoms with Crippen LogP contribution < -0.4 is 32.7 Å². The van der Waals surface area contributed by atoms with E-state index in [4.69, 9.17) is 16.2 Å². The summed E-state index contributed by atoms with van der Waals surface area (Å²) in [5, 5.41) is 12.0. The first-order valence-corrected chi connectivity index (χ1v) is 10.8. The van der Waals surface area contributed by atoms with Crippen LogP contribution in [-0.4, -0.2) is 68.8 Å². The molecule has 30 heavy (non-hydrogen) atoms. The van der Waals surface area contributed by atoms with Gasteiger partial charge >= 0.3 is 6.09 Å². The maximum atomic E-state index is 12.4. The van der Waals surface area contributed by atoms with Gasteiger partial charge in [-0.25, -0.2) is 4.79 Å². The molecule has 0 aliphatic heterocycles. The van der Waals surface area contributed by atoms with Crippen LogP contribution in [0.3, 0.4) is 0 Å². The van der Waals surface area contributed by atoms with Crippen molar-refractivity contribution in [3.8, 4) is 0 Å². The summed E-state index contributed by atoms with van der Waals surface area (Å²) in [5.74, 6) is -0.886. The van der Waals surface area contributed by atoms with Crippen molar-refractivity contribution in [3.63, 3.8) is 0 Å². The summed E-state index contributed by atoms with van der Waals surface area (Å²) in [6.45, 7) is 10.1. The summed E-state index contributed by atoms with van der Waals surface area (Å²) < 4.78 is 5.18. The number of carbonyl (C=O) groups is 3. The number of carbonyl (C=O) groups excluding carboxylic acids is 3. The van der Waals surface area contributed by atoms with Crippen LogP contribution in [0, 0.1) is 0 Å². The second-order valence-electron chi connectivity index (χ2n) is 8.20. The molecule has 0 aromatic carbocycles. The molecule has 10 heteroatoms. The van der Waals surface area contributed by atoms with Crippen molar-refractivity contribution in [1.82, 2.24) is 21.3 Å². The van der Waals surface area contributed by atoms with Crippen LogP contribution in [0.2, 0.25) is 0 Å². The first-order chi connectivity index (χ1) is 14.2. The molecule has 0 aliphatic carbocycles.